The zero-order chi connectivity index (χ0) is 11.8. The first kappa shape index (κ1) is 10.2. The van der Waals surface area contributed by atoms with Gasteiger partial charge in [0.2, 0.25) is 0 Å². The Morgan fingerprint density at radius 1 is 1.47 bits per heavy atom. The van der Waals surface area contributed by atoms with Gasteiger partial charge >= 0.3 is 0 Å². The minimum Gasteiger partial charge on any atom is -0.399 e. The van der Waals surface area contributed by atoms with Crippen LogP contribution >= 0.6 is 0 Å². The zero-order valence-electron chi connectivity index (χ0n) is 9.27. The predicted octanol–water partition coefficient (Wildman–Crippen LogP) is 1.53. The van der Waals surface area contributed by atoms with Gasteiger partial charge in [-0.05, 0) is 24.6 Å². The van der Waals surface area contributed by atoms with Gasteiger partial charge in [-0.25, -0.2) is 5.06 Å². The van der Waals surface area contributed by atoms with Crippen LogP contribution in [0.25, 0.3) is 10.9 Å². The molecular weight excluding hydrogens is 218 g/mol. The Labute approximate surface area is 98.1 Å². The van der Waals surface area contributed by atoms with Gasteiger partial charge in [0.1, 0.15) is 0 Å². The normalized spacial score (nSPS) is 15.6. The standard InChI is InChI=1S/C12H13N3O2/c13-8-2-3-9-10(7-14-11(9)6-8)12(16)15-4-1-5-17-15/h2-3,6-7,14H,1,4-5,13H2. The summed E-state index contributed by atoms with van der Waals surface area (Å²) in [5.74, 6) is -0.0986. The molecule has 1 amide bonds. The lowest BCUT2D eigenvalue weighted by atomic mass is 10.1. The lowest BCUT2D eigenvalue weighted by Crippen LogP contribution is -2.26. The fourth-order valence-corrected chi connectivity index (χ4v) is 2.06. The number of H-pyrrole nitrogens is 1. The molecule has 1 aliphatic heterocycles. The molecule has 1 aromatic carbocycles. The second kappa shape index (κ2) is 3.78. The Kier molecular flexibility index (Phi) is 2.26. The minimum absolute atomic E-state index is 0.0986. The highest BCUT2D eigenvalue weighted by Crippen LogP contribution is 2.23. The van der Waals surface area contributed by atoms with E-state index in [-0.39, 0.29) is 5.91 Å². The topological polar surface area (TPSA) is 71.3 Å². The van der Waals surface area contributed by atoms with E-state index in [1.807, 2.05) is 12.1 Å². The summed E-state index contributed by atoms with van der Waals surface area (Å²) < 4.78 is 0. The summed E-state index contributed by atoms with van der Waals surface area (Å²) in [7, 11) is 0. The number of hydrogen-bond acceptors (Lipinski definition) is 3. The smallest absolute Gasteiger partial charge is 0.279 e. The van der Waals surface area contributed by atoms with E-state index in [4.69, 9.17) is 10.6 Å². The molecule has 1 saturated heterocycles. The minimum atomic E-state index is -0.0986. The predicted molar refractivity (Wildman–Crippen MR) is 64.3 cm³/mol. The average Bonchev–Trinajstić information content (AvgIpc) is 2.96. The maximum absolute atomic E-state index is 12.2. The molecule has 0 unspecified atom stereocenters. The maximum Gasteiger partial charge on any atom is 0.279 e. The van der Waals surface area contributed by atoms with Gasteiger partial charge in [-0.3, -0.25) is 9.63 Å². The van der Waals surface area contributed by atoms with E-state index >= 15 is 0 Å². The van der Waals surface area contributed by atoms with E-state index in [0.29, 0.717) is 24.4 Å². The molecule has 5 heteroatoms. The highest BCUT2D eigenvalue weighted by Gasteiger charge is 2.23. The molecule has 0 aliphatic carbocycles. The SMILES string of the molecule is Nc1ccc2c(C(=O)N3CCCO3)c[nH]c2c1. The van der Waals surface area contributed by atoms with Gasteiger partial charge in [-0.1, -0.05) is 0 Å². The van der Waals surface area contributed by atoms with Gasteiger partial charge in [0, 0.05) is 22.8 Å². The number of fused-ring (bicyclic) bond motifs is 1. The van der Waals surface area contributed by atoms with E-state index in [9.17, 15) is 4.79 Å². The Bertz CT molecular complexity index is 570. The number of nitrogens with two attached hydrogens (primary N) is 1. The first-order chi connectivity index (χ1) is 8.25. The number of amides is 1. The Hall–Kier alpha value is -2.01. The number of anilines is 1. The van der Waals surface area contributed by atoms with Crippen molar-refractivity contribution in [3.05, 3.63) is 30.0 Å². The first-order valence-electron chi connectivity index (χ1n) is 5.57. The molecule has 0 atom stereocenters. The molecule has 88 valence electrons. The summed E-state index contributed by atoms with van der Waals surface area (Å²) in [4.78, 5) is 20.5. The van der Waals surface area contributed by atoms with Crippen molar-refractivity contribution in [1.82, 2.24) is 10.0 Å². The van der Waals surface area contributed by atoms with Crippen molar-refractivity contribution in [3.8, 4) is 0 Å². The summed E-state index contributed by atoms with van der Waals surface area (Å²) >= 11 is 0. The van der Waals surface area contributed by atoms with Gasteiger partial charge in [0.25, 0.3) is 5.91 Å². The number of benzene rings is 1. The van der Waals surface area contributed by atoms with Crippen LogP contribution < -0.4 is 5.73 Å². The third kappa shape index (κ3) is 1.64. The van der Waals surface area contributed by atoms with Gasteiger partial charge < -0.3 is 10.7 Å². The van der Waals surface area contributed by atoms with E-state index in [1.54, 1.807) is 12.3 Å². The summed E-state index contributed by atoms with van der Waals surface area (Å²) in [5.41, 5.74) is 7.86. The van der Waals surface area contributed by atoms with Crippen molar-refractivity contribution in [1.29, 1.82) is 0 Å². The Morgan fingerprint density at radius 2 is 2.35 bits per heavy atom. The van der Waals surface area contributed by atoms with Crippen molar-refractivity contribution in [2.75, 3.05) is 18.9 Å². The van der Waals surface area contributed by atoms with E-state index in [1.165, 1.54) is 5.06 Å². The van der Waals surface area contributed by atoms with Crippen LogP contribution in [0.2, 0.25) is 0 Å². The average molecular weight is 231 g/mol. The van der Waals surface area contributed by atoms with Crippen LogP contribution in [0, 0.1) is 0 Å². The highest BCUT2D eigenvalue weighted by atomic mass is 16.7. The molecule has 0 radical (unpaired) electrons. The fraction of sp³-hybridized carbons (Fsp3) is 0.250. The van der Waals surface area contributed by atoms with Gasteiger partial charge in [0.05, 0.1) is 18.7 Å². The van der Waals surface area contributed by atoms with Crippen LogP contribution in [0.1, 0.15) is 16.8 Å². The van der Waals surface area contributed by atoms with Gasteiger partial charge in [-0.2, -0.15) is 0 Å². The van der Waals surface area contributed by atoms with Crippen LogP contribution in [-0.2, 0) is 4.84 Å². The molecule has 3 rings (SSSR count). The number of rotatable bonds is 1. The van der Waals surface area contributed by atoms with Gasteiger partial charge in [-0.15, -0.1) is 0 Å². The number of aromatic amines is 1. The molecule has 5 nitrogen and oxygen atoms in total. The quantitative estimate of drug-likeness (QED) is 0.731. The van der Waals surface area contributed by atoms with Crippen molar-refractivity contribution in [2.45, 2.75) is 6.42 Å². The molecule has 0 saturated carbocycles. The summed E-state index contributed by atoms with van der Waals surface area (Å²) in [6.45, 7) is 1.27. The van der Waals surface area contributed by atoms with Crippen molar-refractivity contribution in [3.63, 3.8) is 0 Å². The number of nitrogens with one attached hydrogen (secondary N) is 1. The number of carbonyl (C=O) groups excluding carboxylic acids is 1. The number of nitrogens with zero attached hydrogens (tertiary/aromatic N) is 1. The molecule has 0 bridgehead atoms. The van der Waals surface area contributed by atoms with E-state index in [2.05, 4.69) is 4.98 Å². The first-order valence-corrected chi connectivity index (χ1v) is 5.57. The molecule has 0 spiro atoms. The third-order valence-corrected chi connectivity index (χ3v) is 2.92. The summed E-state index contributed by atoms with van der Waals surface area (Å²) in [6.07, 6.45) is 2.59. The molecule has 1 aliphatic rings. The van der Waals surface area contributed by atoms with Crippen molar-refractivity contribution < 1.29 is 9.63 Å². The third-order valence-electron chi connectivity index (χ3n) is 2.92. The van der Waals surface area contributed by atoms with Crippen molar-refractivity contribution in [2.24, 2.45) is 0 Å². The van der Waals surface area contributed by atoms with Crippen LogP contribution in [0.3, 0.4) is 0 Å². The molecule has 1 aromatic heterocycles. The number of aromatic nitrogens is 1. The van der Waals surface area contributed by atoms with Crippen LogP contribution in [0.4, 0.5) is 5.69 Å². The maximum atomic E-state index is 12.2. The second-order valence-corrected chi connectivity index (χ2v) is 4.10. The molecule has 3 N–H and O–H groups in total. The van der Waals surface area contributed by atoms with Crippen LogP contribution in [-0.4, -0.2) is 29.1 Å². The number of carbonyl (C=O) groups is 1. The second-order valence-electron chi connectivity index (χ2n) is 4.10. The number of hydroxylamine groups is 2. The van der Waals surface area contributed by atoms with Crippen LogP contribution in [0.15, 0.2) is 24.4 Å². The lowest BCUT2D eigenvalue weighted by Gasteiger charge is -2.12. The number of hydrogen-bond donors (Lipinski definition) is 2. The molecule has 1 fully saturated rings. The zero-order valence-corrected chi connectivity index (χ0v) is 9.27. The molecule has 17 heavy (non-hydrogen) atoms. The molecule has 2 heterocycles. The fourth-order valence-electron chi connectivity index (χ4n) is 2.06. The summed E-state index contributed by atoms with van der Waals surface area (Å²) in [6, 6.07) is 5.46. The Morgan fingerprint density at radius 3 is 3.12 bits per heavy atom. The lowest BCUT2D eigenvalue weighted by molar-refractivity contribution is -0.0767. The molecular formula is C12H13N3O2. The van der Waals surface area contributed by atoms with E-state index < -0.39 is 0 Å². The highest BCUT2D eigenvalue weighted by molar-refractivity contribution is 6.06. The molecule has 2 aromatic rings. The summed E-state index contributed by atoms with van der Waals surface area (Å²) in [5, 5.41) is 2.29. The monoisotopic (exact) mass is 231 g/mol. The van der Waals surface area contributed by atoms with Crippen LogP contribution in [0.5, 0.6) is 0 Å². The largest absolute Gasteiger partial charge is 0.399 e. The number of nitrogen functional groups attached to an aromatic ring is 1. The van der Waals surface area contributed by atoms with Crippen molar-refractivity contribution >= 4 is 22.5 Å². The Balaban J connectivity index is 2.02. The van der Waals surface area contributed by atoms with E-state index in [0.717, 1.165) is 17.3 Å². The van der Waals surface area contributed by atoms with Gasteiger partial charge in [0.15, 0.2) is 0 Å².